The van der Waals surface area contributed by atoms with Gasteiger partial charge in [0.2, 0.25) is 0 Å². The predicted octanol–water partition coefficient (Wildman–Crippen LogP) is 6.88. The summed E-state index contributed by atoms with van der Waals surface area (Å²) in [4.78, 5) is 5.72. The van der Waals surface area contributed by atoms with Crippen LogP contribution in [-0.2, 0) is 4.43 Å². The standard InChI is InChI=1S/C20H31BrN2OSSi/c1-20(2,3)26(4,5)24-16-8-6-7-15(13-16)18(23-11-10-22-14-23)19-17(21)9-12-25-19/h9-12,14-16,18H,6-8,13H2,1-5H3. The van der Waals surface area contributed by atoms with Crippen molar-refractivity contribution in [1.29, 1.82) is 0 Å². The zero-order chi connectivity index (χ0) is 18.9. The summed E-state index contributed by atoms with van der Waals surface area (Å²) in [6.45, 7) is 11.7. The Balaban J connectivity index is 1.81. The van der Waals surface area contributed by atoms with Crippen LogP contribution in [0.15, 0.2) is 34.6 Å². The molecule has 0 amide bonds. The molecule has 1 saturated carbocycles. The number of nitrogens with zero attached hydrogens (tertiary/aromatic N) is 2. The Morgan fingerprint density at radius 2 is 2.12 bits per heavy atom. The van der Waals surface area contributed by atoms with Crippen molar-refractivity contribution in [3.8, 4) is 0 Å². The molecule has 0 spiro atoms. The highest BCUT2D eigenvalue weighted by Gasteiger charge is 2.41. The molecule has 1 fully saturated rings. The topological polar surface area (TPSA) is 27.1 Å². The summed E-state index contributed by atoms with van der Waals surface area (Å²) >= 11 is 5.60. The summed E-state index contributed by atoms with van der Waals surface area (Å²) in [5.41, 5.74) is 0. The van der Waals surface area contributed by atoms with Gasteiger partial charge in [0, 0.05) is 27.8 Å². The minimum absolute atomic E-state index is 0.264. The van der Waals surface area contributed by atoms with Crippen LogP contribution < -0.4 is 0 Å². The van der Waals surface area contributed by atoms with Crippen molar-refractivity contribution in [1.82, 2.24) is 9.55 Å². The molecule has 0 bridgehead atoms. The maximum absolute atomic E-state index is 6.79. The van der Waals surface area contributed by atoms with Gasteiger partial charge in [-0.25, -0.2) is 4.98 Å². The predicted molar refractivity (Wildman–Crippen MR) is 116 cm³/mol. The van der Waals surface area contributed by atoms with E-state index in [1.807, 2.05) is 23.9 Å². The molecule has 0 saturated heterocycles. The highest BCUT2D eigenvalue weighted by molar-refractivity contribution is 9.10. The van der Waals surface area contributed by atoms with Gasteiger partial charge in [0.05, 0.1) is 12.4 Å². The van der Waals surface area contributed by atoms with Gasteiger partial charge in [0.1, 0.15) is 0 Å². The lowest BCUT2D eigenvalue weighted by atomic mass is 9.81. The van der Waals surface area contributed by atoms with Crippen LogP contribution in [0, 0.1) is 5.92 Å². The van der Waals surface area contributed by atoms with Crippen LogP contribution in [-0.4, -0.2) is 24.0 Å². The van der Waals surface area contributed by atoms with Crippen LogP contribution in [0.4, 0.5) is 0 Å². The smallest absolute Gasteiger partial charge is 0.192 e. The van der Waals surface area contributed by atoms with Crippen LogP contribution in [0.3, 0.4) is 0 Å². The van der Waals surface area contributed by atoms with E-state index < -0.39 is 8.32 Å². The fraction of sp³-hybridized carbons (Fsp3) is 0.650. The summed E-state index contributed by atoms with van der Waals surface area (Å²) in [7, 11) is -1.73. The Kier molecular flexibility index (Phi) is 6.17. The van der Waals surface area contributed by atoms with E-state index in [2.05, 4.69) is 77.0 Å². The molecule has 2 heterocycles. The van der Waals surface area contributed by atoms with Gasteiger partial charge in [0.15, 0.2) is 8.32 Å². The second kappa shape index (κ2) is 7.90. The van der Waals surface area contributed by atoms with Crippen molar-refractivity contribution in [2.75, 3.05) is 0 Å². The second-order valence-electron chi connectivity index (χ2n) is 9.01. The third-order valence-corrected chi connectivity index (χ3v) is 12.6. The van der Waals surface area contributed by atoms with Gasteiger partial charge < -0.3 is 8.99 Å². The second-order valence-corrected chi connectivity index (χ2v) is 15.6. The Hall–Kier alpha value is -0.433. The van der Waals surface area contributed by atoms with Gasteiger partial charge in [0.25, 0.3) is 0 Å². The van der Waals surface area contributed by atoms with E-state index in [0.29, 0.717) is 18.1 Å². The molecule has 3 atom stereocenters. The Morgan fingerprint density at radius 3 is 2.69 bits per heavy atom. The lowest BCUT2D eigenvalue weighted by Gasteiger charge is -2.42. The number of rotatable bonds is 5. The van der Waals surface area contributed by atoms with E-state index in [9.17, 15) is 0 Å². The molecular formula is C20H31BrN2OSSi. The first kappa shape index (κ1) is 20.3. The van der Waals surface area contributed by atoms with Crippen molar-refractivity contribution in [3.05, 3.63) is 39.5 Å². The molecule has 2 aromatic rings. The van der Waals surface area contributed by atoms with E-state index in [-0.39, 0.29) is 5.04 Å². The zero-order valence-electron chi connectivity index (χ0n) is 16.5. The van der Waals surface area contributed by atoms with Crippen LogP contribution in [0.25, 0.3) is 0 Å². The fourth-order valence-corrected chi connectivity index (χ4v) is 6.92. The summed E-state index contributed by atoms with van der Waals surface area (Å²) in [6, 6.07) is 2.51. The molecule has 144 valence electrons. The van der Waals surface area contributed by atoms with Crippen molar-refractivity contribution in [3.63, 3.8) is 0 Å². The minimum atomic E-state index is -1.73. The molecule has 3 nitrogen and oxygen atoms in total. The van der Waals surface area contributed by atoms with Gasteiger partial charge in [-0.05, 0) is 70.7 Å². The number of hydrogen-bond acceptors (Lipinski definition) is 3. The Bertz CT molecular complexity index is 708. The molecule has 3 rings (SSSR count). The van der Waals surface area contributed by atoms with Crippen molar-refractivity contribution >= 4 is 35.6 Å². The van der Waals surface area contributed by atoms with Crippen molar-refractivity contribution < 1.29 is 4.43 Å². The molecule has 1 aliphatic rings. The van der Waals surface area contributed by atoms with Crippen LogP contribution >= 0.6 is 27.3 Å². The average Bonchev–Trinajstić information content (AvgIpc) is 3.20. The lowest BCUT2D eigenvalue weighted by molar-refractivity contribution is 0.0958. The van der Waals surface area contributed by atoms with Crippen LogP contribution in [0.5, 0.6) is 0 Å². The van der Waals surface area contributed by atoms with Crippen LogP contribution in [0.1, 0.15) is 57.4 Å². The molecular weight excluding hydrogens is 424 g/mol. The summed E-state index contributed by atoms with van der Waals surface area (Å²) in [6.07, 6.45) is 11.2. The molecule has 0 aromatic carbocycles. The monoisotopic (exact) mass is 454 g/mol. The third-order valence-electron chi connectivity index (χ3n) is 6.14. The molecule has 6 heteroatoms. The Labute approximate surface area is 171 Å². The normalized spacial score (nSPS) is 23.2. The van der Waals surface area contributed by atoms with E-state index in [4.69, 9.17) is 4.43 Å². The van der Waals surface area contributed by atoms with Gasteiger partial charge in [-0.3, -0.25) is 0 Å². The van der Waals surface area contributed by atoms with E-state index >= 15 is 0 Å². The molecule has 0 radical (unpaired) electrons. The van der Waals surface area contributed by atoms with E-state index in [1.165, 1.54) is 28.6 Å². The zero-order valence-corrected chi connectivity index (χ0v) is 19.9. The molecule has 0 aliphatic heterocycles. The number of halogens is 1. The highest BCUT2D eigenvalue weighted by atomic mass is 79.9. The van der Waals surface area contributed by atoms with Gasteiger partial charge in [-0.2, -0.15) is 0 Å². The largest absolute Gasteiger partial charge is 0.414 e. The number of imidazole rings is 1. The Morgan fingerprint density at radius 1 is 1.35 bits per heavy atom. The maximum atomic E-state index is 6.79. The number of aromatic nitrogens is 2. The van der Waals surface area contributed by atoms with Crippen molar-refractivity contribution in [2.45, 2.75) is 76.7 Å². The van der Waals surface area contributed by atoms with Gasteiger partial charge in [-0.1, -0.05) is 27.2 Å². The van der Waals surface area contributed by atoms with Gasteiger partial charge in [-0.15, -0.1) is 11.3 Å². The number of hydrogen-bond donors (Lipinski definition) is 0. The molecule has 0 N–H and O–H groups in total. The SMILES string of the molecule is CC(C)(C)[Si](C)(C)OC1CCCC(C(c2sccc2Br)n2ccnc2)C1. The van der Waals surface area contributed by atoms with Gasteiger partial charge >= 0.3 is 0 Å². The quantitative estimate of drug-likeness (QED) is 0.460. The van der Waals surface area contributed by atoms with Crippen molar-refractivity contribution in [2.24, 2.45) is 5.92 Å². The minimum Gasteiger partial charge on any atom is -0.414 e. The average molecular weight is 456 g/mol. The molecule has 26 heavy (non-hydrogen) atoms. The summed E-state index contributed by atoms with van der Waals surface area (Å²) in [5, 5.41) is 2.44. The highest BCUT2D eigenvalue weighted by Crippen LogP contribution is 2.45. The first-order valence-corrected chi connectivity index (χ1v) is 14.2. The van der Waals surface area contributed by atoms with E-state index in [1.54, 1.807) is 0 Å². The summed E-state index contributed by atoms with van der Waals surface area (Å²) in [5.74, 6) is 0.586. The number of thiophene rings is 1. The molecule has 3 unspecified atom stereocenters. The fourth-order valence-electron chi connectivity index (χ4n) is 3.71. The first-order valence-electron chi connectivity index (χ1n) is 9.57. The summed E-state index contributed by atoms with van der Waals surface area (Å²) < 4.78 is 10.3. The third kappa shape index (κ3) is 4.34. The maximum Gasteiger partial charge on any atom is 0.192 e. The first-order chi connectivity index (χ1) is 12.2. The molecule has 1 aliphatic carbocycles. The van der Waals surface area contributed by atoms with E-state index in [0.717, 1.165) is 6.42 Å². The van der Waals surface area contributed by atoms with Crippen LogP contribution in [0.2, 0.25) is 18.1 Å². The lowest BCUT2D eigenvalue weighted by Crippen LogP contribution is -2.45. The molecule has 2 aromatic heterocycles.